The van der Waals surface area contributed by atoms with E-state index in [1.54, 1.807) is 0 Å². The zero-order valence-corrected chi connectivity index (χ0v) is 11.4. The molecule has 3 aromatic carbocycles. The molecule has 2 nitrogen and oxygen atoms in total. The van der Waals surface area contributed by atoms with Gasteiger partial charge in [-0.1, -0.05) is 30.3 Å². The summed E-state index contributed by atoms with van der Waals surface area (Å²) in [5.74, 6) is 0. The lowest BCUT2D eigenvalue weighted by molar-refractivity contribution is 0.134. The van der Waals surface area contributed by atoms with Crippen molar-refractivity contribution in [3.05, 3.63) is 59.7 Å². The summed E-state index contributed by atoms with van der Waals surface area (Å²) in [5.41, 5.74) is 1.89. The summed E-state index contributed by atoms with van der Waals surface area (Å²) >= 11 is 0. The van der Waals surface area contributed by atoms with Gasteiger partial charge in [0.25, 0.3) is 0 Å². The Morgan fingerprint density at radius 2 is 1.65 bits per heavy atom. The average molecular weight is 261 g/mol. The summed E-state index contributed by atoms with van der Waals surface area (Å²) in [7, 11) is 0. The summed E-state index contributed by atoms with van der Waals surface area (Å²) in [5, 5.41) is 13.7. The highest BCUT2D eigenvalue weighted by Gasteiger charge is 2.03. The molecule has 0 aliphatic heterocycles. The van der Waals surface area contributed by atoms with Gasteiger partial charge in [0.2, 0.25) is 0 Å². The number of rotatable bonds is 3. The van der Waals surface area contributed by atoms with Crippen molar-refractivity contribution in [3.63, 3.8) is 0 Å². The molecule has 0 aliphatic carbocycles. The van der Waals surface area contributed by atoms with Crippen molar-refractivity contribution >= 4 is 21.5 Å². The molecule has 0 heterocycles. The molecule has 0 saturated carbocycles. The Bertz CT molecular complexity index is 815. The van der Waals surface area contributed by atoms with E-state index in [1.807, 2.05) is 25.1 Å². The van der Waals surface area contributed by atoms with Gasteiger partial charge in [0.15, 0.2) is 0 Å². The minimum Gasteiger partial charge on any atom is -0.377 e. The third kappa shape index (κ3) is 2.24. The fourth-order valence-corrected chi connectivity index (χ4v) is 2.50. The molecule has 0 N–H and O–H groups in total. The number of nitriles is 1. The fraction of sp³-hybridized carbons (Fsp3) is 0.167. The van der Waals surface area contributed by atoms with E-state index >= 15 is 0 Å². The van der Waals surface area contributed by atoms with Crippen molar-refractivity contribution in [1.29, 1.82) is 5.26 Å². The molecular weight excluding hydrogens is 246 g/mol. The summed E-state index contributed by atoms with van der Waals surface area (Å²) in [6.07, 6.45) is 0. The van der Waals surface area contributed by atoms with E-state index in [4.69, 9.17) is 10.00 Å². The first-order chi connectivity index (χ1) is 9.81. The molecule has 2 heteroatoms. The van der Waals surface area contributed by atoms with Crippen LogP contribution in [0.3, 0.4) is 0 Å². The van der Waals surface area contributed by atoms with Crippen LogP contribution in [-0.2, 0) is 11.3 Å². The van der Waals surface area contributed by atoms with E-state index in [9.17, 15) is 0 Å². The van der Waals surface area contributed by atoms with E-state index < -0.39 is 0 Å². The van der Waals surface area contributed by atoms with Crippen molar-refractivity contribution in [2.75, 3.05) is 6.61 Å². The minimum atomic E-state index is 0.651. The van der Waals surface area contributed by atoms with Crippen molar-refractivity contribution in [2.24, 2.45) is 0 Å². The third-order valence-corrected chi connectivity index (χ3v) is 3.50. The molecule has 0 amide bonds. The van der Waals surface area contributed by atoms with Crippen LogP contribution in [0.25, 0.3) is 21.5 Å². The fourth-order valence-electron chi connectivity index (χ4n) is 2.50. The van der Waals surface area contributed by atoms with Crippen molar-refractivity contribution in [2.45, 2.75) is 13.5 Å². The topological polar surface area (TPSA) is 33.0 Å². The Labute approximate surface area is 118 Å². The molecule has 3 rings (SSSR count). The highest BCUT2D eigenvalue weighted by molar-refractivity contribution is 6.07. The monoisotopic (exact) mass is 261 g/mol. The Kier molecular flexibility index (Phi) is 3.37. The molecule has 0 aromatic heterocycles. The number of benzene rings is 3. The molecule has 0 fully saturated rings. The van der Waals surface area contributed by atoms with Gasteiger partial charge in [0, 0.05) is 6.61 Å². The minimum absolute atomic E-state index is 0.651. The Hall–Kier alpha value is -2.37. The first-order valence-corrected chi connectivity index (χ1v) is 6.75. The SMILES string of the molecule is CCOCc1ccc2c(ccc3cc(C#N)ccc32)c1. The molecule has 0 aliphatic rings. The highest BCUT2D eigenvalue weighted by atomic mass is 16.5. The van der Waals surface area contributed by atoms with E-state index in [0.29, 0.717) is 12.2 Å². The molecule has 0 bridgehead atoms. The quantitative estimate of drug-likeness (QED) is 0.654. The second kappa shape index (κ2) is 5.32. The van der Waals surface area contributed by atoms with Crippen LogP contribution in [-0.4, -0.2) is 6.61 Å². The largest absolute Gasteiger partial charge is 0.377 e. The van der Waals surface area contributed by atoms with Gasteiger partial charge in [-0.05, 0) is 52.2 Å². The third-order valence-electron chi connectivity index (χ3n) is 3.50. The van der Waals surface area contributed by atoms with Crippen LogP contribution in [0, 0.1) is 11.3 Å². The van der Waals surface area contributed by atoms with Crippen LogP contribution < -0.4 is 0 Å². The number of nitrogens with zero attached hydrogens (tertiary/aromatic N) is 1. The van der Waals surface area contributed by atoms with Crippen LogP contribution in [0.15, 0.2) is 48.5 Å². The van der Waals surface area contributed by atoms with E-state index in [2.05, 4.69) is 36.4 Å². The Morgan fingerprint density at radius 1 is 0.950 bits per heavy atom. The second-order valence-electron chi connectivity index (χ2n) is 4.81. The van der Waals surface area contributed by atoms with Gasteiger partial charge in [-0.15, -0.1) is 0 Å². The van der Waals surface area contributed by atoms with Gasteiger partial charge >= 0.3 is 0 Å². The molecule has 98 valence electrons. The molecule has 20 heavy (non-hydrogen) atoms. The zero-order valence-electron chi connectivity index (χ0n) is 11.4. The smallest absolute Gasteiger partial charge is 0.0991 e. The van der Waals surface area contributed by atoms with Crippen LogP contribution >= 0.6 is 0 Å². The maximum absolute atomic E-state index is 8.97. The van der Waals surface area contributed by atoms with Crippen molar-refractivity contribution < 1.29 is 4.74 Å². The van der Waals surface area contributed by atoms with E-state index in [-0.39, 0.29) is 0 Å². The number of hydrogen-bond donors (Lipinski definition) is 0. The molecule has 0 saturated heterocycles. The van der Waals surface area contributed by atoms with Gasteiger partial charge in [-0.2, -0.15) is 5.26 Å². The maximum atomic E-state index is 8.97. The Balaban J connectivity index is 2.15. The molecule has 0 radical (unpaired) electrons. The molecule has 0 atom stereocenters. The van der Waals surface area contributed by atoms with Crippen molar-refractivity contribution in [1.82, 2.24) is 0 Å². The number of ether oxygens (including phenoxy) is 1. The first-order valence-electron chi connectivity index (χ1n) is 6.75. The predicted octanol–water partition coefficient (Wildman–Crippen LogP) is 4.40. The van der Waals surface area contributed by atoms with Gasteiger partial charge < -0.3 is 4.74 Å². The van der Waals surface area contributed by atoms with Crippen molar-refractivity contribution in [3.8, 4) is 6.07 Å². The van der Waals surface area contributed by atoms with Gasteiger partial charge in [0.05, 0.1) is 18.2 Å². The molecule has 3 aromatic rings. The van der Waals surface area contributed by atoms with E-state index in [1.165, 1.54) is 21.7 Å². The second-order valence-corrected chi connectivity index (χ2v) is 4.81. The highest BCUT2D eigenvalue weighted by Crippen LogP contribution is 2.27. The molecule has 0 spiro atoms. The summed E-state index contributed by atoms with van der Waals surface area (Å²) in [6, 6.07) is 18.6. The maximum Gasteiger partial charge on any atom is 0.0991 e. The first kappa shape index (κ1) is 12.7. The van der Waals surface area contributed by atoms with Gasteiger partial charge in [-0.3, -0.25) is 0 Å². The lowest BCUT2D eigenvalue weighted by Gasteiger charge is -2.07. The van der Waals surface area contributed by atoms with Crippen LogP contribution in [0.1, 0.15) is 18.1 Å². The number of fused-ring (bicyclic) bond motifs is 3. The summed E-state index contributed by atoms with van der Waals surface area (Å²) < 4.78 is 5.45. The molecular formula is C18H15NO. The van der Waals surface area contributed by atoms with Gasteiger partial charge in [-0.25, -0.2) is 0 Å². The standard InChI is InChI=1S/C18H15NO/c1-2-20-12-14-4-8-18-16(10-14)6-5-15-9-13(11-19)3-7-17(15)18/h3-10H,2,12H2,1H3. The average Bonchev–Trinajstić information content (AvgIpc) is 2.51. The lowest BCUT2D eigenvalue weighted by atomic mass is 9.99. The van der Waals surface area contributed by atoms with Crippen LogP contribution in [0.2, 0.25) is 0 Å². The van der Waals surface area contributed by atoms with Crippen LogP contribution in [0.4, 0.5) is 0 Å². The molecule has 0 unspecified atom stereocenters. The normalized spacial score (nSPS) is 10.8. The van der Waals surface area contributed by atoms with Crippen LogP contribution in [0.5, 0.6) is 0 Å². The zero-order chi connectivity index (χ0) is 13.9. The van der Waals surface area contributed by atoms with E-state index in [0.717, 1.165) is 12.0 Å². The summed E-state index contributed by atoms with van der Waals surface area (Å²) in [4.78, 5) is 0. The lowest BCUT2D eigenvalue weighted by Crippen LogP contribution is -1.91. The summed E-state index contributed by atoms with van der Waals surface area (Å²) in [6.45, 7) is 3.38. The number of hydrogen-bond acceptors (Lipinski definition) is 2. The predicted molar refractivity (Wildman–Crippen MR) is 81.5 cm³/mol. The van der Waals surface area contributed by atoms with Gasteiger partial charge in [0.1, 0.15) is 0 Å². The Morgan fingerprint density at radius 3 is 2.35 bits per heavy atom.